The summed E-state index contributed by atoms with van der Waals surface area (Å²) < 4.78 is 0. The molecule has 2 aliphatic rings. The van der Waals surface area contributed by atoms with E-state index in [2.05, 4.69) is 5.16 Å². The first-order valence-electron chi connectivity index (χ1n) is 6.36. The van der Waals surface area contributed by atoms with Crippen molar-refractivity contribution in [2.75, 3.05) is 13.1 Å². The van der Waals surface area contributed by atoms with Gasteiger partial charge in [-0.25, -0.2) is 4.79 Å². The lowest BCUT2D eigenvalue weighted by Crippen LogP contribution is -2.41. The number of carboxylic acid groups (broad SMARTS) is 1. The molecule has 0 aromatic carbocycles. The smallest absolute Gasteiger partial charge is 0.353 e. The fourth-order valence-electron chi connectivity index (χ4n) is 2.01. The highest BCUT2D eigenvalue weighted by molar-refractivity contribution is 6.36. The van der Waals surface area contributed by atoms with Crippen molar-refractivity contribution in [3.8, 4) is 0 Å². The molecule has 0 spiro atoms. The summed E-state index contributed by atoms with van der Waals surface area (Å²) in [7, 11) is 0. The van der Waals surface area contributed by atoms with Crippen LogP contribution in [0.5, 0.6) is 0 Å². The van der Waals surface area contributed by atoms with Crippen LogP contribution in [0.25, 0.3) is 0 Å². The third kappa shape index (κ3) is 3.00. The molecule has 1 amide bonds. The Labute approximate surface area is 106 Å². The summed E-state index contributed by atoms with van der Waals surface area (Å²) in [5.74, 6) is -0.639. The number of carboxylic acids is 1. The summed E-state index contributed by atoms with van der Waals surface area (Å²) in [4.78, 5) is 29.6. The lowest BCUT2D eigenvalue weighted by molar-refractivity contribution is -0.142. The van der Waals surface area contributed by atoms with Crippen molar-refractivity contribution in [3.05, 3.63) is 0 Å². The van der Waals surface area contributed by atoms with Gasteiger partial charge in [0.1, 0.15) is 0 Å². The summed E-state index contributed by atoms with van der Waals surface area (Å²) in [6, 6.07) is 0. The molecule has 0 aromatic heterocycles. The van der Waals surface area contributed by atoms with Gasteiger partial charge >= 0.3 is 5.97 Å². The second kappa shape index (κ2) is 5.37. The van der Waals surface area contributed by atoms with Gasteiger partial charge in [-0.2, -0.15) is 0 Å². The average Bonchev–Trinajstić information content (AvgIpc) is 3.01. The molecule has 1 N–H and O–H groups in total. The SMILES string of the molecule is CCCN(CC1CC1)C(=O)C1CC(C(=O)O)=NO1. The molecule has 0 bridgehead atoms. The van der Waals surface area contributed by atoms with Crippen LogP contribution >= 0.6 is 0 Å². The van der Waals surface area contributed by atoms with Crippen molar-refractivity contribution in [3.63, 3.8) is 0 Å². The van der Waals surface area contributed by atoms with E-state index in [1.807, 2.05) is 6.92 Å². The molecule has 0 radical (unpaired) electrons. The Kier molecular flexibility index (Phi) is 3.84. The quantitative estimate of drug-likeness (QED) is 0.762. The molecule has 0 aromatic rings. The number of hydrogen-bond donors (Lipinski definition) is 1. The first kappa shape index (κ1) is 12.9. The lowest BCUT2D eigenvalue weighted by atomic mass is 10.1. The first-order valence-corrected chi connectivity index (χ1v) is 6.36. The molecule has 1 saturated carbocycles. The molecule has 100 valence electrons. The van der Waals surface area contributed by atoms with E-state index in [0.29, 0.717) is 12.5 Å². The molecule has 1 unspecified atom stereocenters. The van der Waals surface area contributed by atoms with Gasteiger partial charge in [0.05, 0.1) is 0 Å². The van der Waals surface area contributed by atoms with Crippen LogP contribution in [0.1, 0.15) is 32.6 Å². The van der Waals surface area contributed by atoms with Gasteiger partial charge < -0.3 is 14.8 Å². The normalized spacial score (nSPS) is 22.3. The maximum atomic E-state index is 12.2. The second-order valence-electron chi connectivity index (χ2n) is 4.87. The van der Waals surface area contributed by atoms with Crippen LogP contribution in [-0.4, -0.2) is 46.8 Å². The van der Waals surface area contributed by atoms with Crippen molar-refractivity contribution in [2.24, 2.45) is 11.1 Å². The number of carbonyl (C=O) groups excluding carboxylic acids is 1. The van der Waals surface area contributed by atoms with E-state index in [0.717, 1.165) is 13.0 Å². The molecule has 1 heterocycles. The minimum Gasteiger partial charge on any atom is -0.477 e. The highest BCUT2D eigenvalue weighted by atomic mass is 16.6. The molecule has 1 aliphatic heterocycles. The van der Waals surface area contributed by atoms with Gasteiger partial charge in [0.2, 0.25) is 6.10 Å². The Morgan fingerprint density at radius 1 is 1.50 bits per heavy atom. The monoisotopic (exact) mass is 254 g/mol. The number of carbonyl (C=O) groups is 2. The molecule has 18 heavy (non-hydrogen) atoms. The third-order valence-corrected chi connectivity index (χ3v) is 3.17. The molecule has 1 atom stereocenters. The average molecular weight is 254 g/mol. The maximum absolute atomic E-state index is 12.2. The van der Waals surface area contributed by atoms with Crippen LogP contribution < -0.4 is 0 Å². The Hall–Kier alpha value is -1.59. The zero-order valence-electron chi connectivity index (χ0n) is 10.5. The molecule has 1 fully saturated rings. The van der Waals surface area contributed by atoms with E-state index >= 15 is 0 Å². The Morgan fingerprint density at radius 3 is 2.72 bits per heavy atom. The summed E-state index contributed by atoms with van der Waals surface area (Å²) in [5, 5.41) is 12.2. The van der Waals surface area contributed by atoms with Gasteiger partial charge in [0.15, 0.2) is 5.71 Å². The second-order valence-corrected chi connectivity index (χ2v) is 4.87. The van der Waals surface area contributed by atoms with E-state index in [1.54, 1.807) is 4.90 Å². The number of aliphatic carboxylic acids is 1. The maximum Gasteiger partial charge on any atom is 0.353 e. The van der Waals surface area contributed by atoms with Crippen LogP contribution in [0.15, 0.2) is 5.16 Å². The van der Waals surface area contributed by atoms with Crippen LogP contribution in [-0.2, 0) is 14.4 Å². The van der Waals surface area contributed by atoms with E-state index in [4.69, 9.17) is 9.94 Å². The molecular weight excluding hydrogens is 236 g/mol. The zero-order chi connectivity index (χ0) is 13.1. The molecule has 0 saturated heterocycles. The van der Waals surface area contributed by atoms with Gasteiger partial charge in [-0.05, 0) is 25.2 Å². The summed E-state index contributed by atoms with van der Waals surface area (Å²) in [6.45, 7) is 3.47. The Morgan fingerprint density at radius 2 is 2.22 bits per heavy atom. The van der Waals surface area contributed by atoms with E-state index in [-0.39, 0.29) is 18.0 Å². The van der Waals surface area contributed by atoms with Crippen molar-refractivity contribution >= 4 is 17.6 Å². The fourth-order valence-corrected chi connectivity index (χ4v) is 2.01. The molecular formula is C12H18N2O4. The van der Waals surface area contributed by atoms with Crippen LogP contribution in [0.3, 0.4) is 0 Å². The van der Waals surface area contributed by atoms with Gasteiger partial charge in [-0.15, -0.1) is 0 Å². The lowest BCUT2D eigenvalue weighted by Gasteiger charge is -2.24. The van der Waals surface area contributed by atoms with E-state index < -0.39 is 12.1 Å². The summed E-state index contributed by atoms with van der Waals surface area (Å²) in [6.07, 6.45) is 2.56. The topological polar surface area (TPSA) is 79.2 Å². The van der Waals surface area contributed by atoms with Crippen LogP contribution in [0.4, 0.5) is 0 Å². The van der Waals surface area contributed by atoms with E-state index in [9.17, 15) is 9.59 Å². The predicted molar refractivity (Wildman–Crippen MR) is 64.2 cm³/mol. The number of amides is 1. The highest BCUT2D eigenvalue weighted by Gasteiger charge is 2.36. The molecule has 1 aliphatic carbocycles. The third-order valence-electron chi connectivity index (χ3n) is 3.17. The minimum absolute atomic E-state index is 0.0685. The van der Waals surface area contributed by atoms with E-state index in [1.165, 1.54) is 12.8 Å². The fraction of sp³-hybridized carbons (Fsp3) is 0.750. The number of hydrogen-bond acceptors (Lipinski definition) is 4. The zero-order valence-corrected chi connectivity index (χ0v) is 10.5. The van der Waals surface area contributed by atoms with Crippen molar-refractivity contribution in [1.82, 2.24) is 4.90 Å². The van der Waals surface area contributed by atoms with Gasteiger partial charge in [-0.3, -0.25) is 4.79 Å². The van der Waals surface area contributed by atoms with Crippen molar-refractivity contribution < 1.29 is 19.5 Å². The van der Waals surface area contributed by atoms with Crippen LogP contribution in [0.2, 0.25) is 0 Å². The van der Waals surface area contributed by atoms with Gasteiger partial charge in [-0.1, -0.05) is 12.1 Å². The first-order chi connectivity index (χ1) is 8.61. The molecule has 2 rings (SSSR count). The Balaban J connectivity index is 1.90. The number of rotatable bonds is 6. The Bertz CT molecular complexity index is 376. The number of nitrogens with zero attached hydrogens (tertiary/aromatic N) is 2. The highest BCUT2D eigenvalue weighted by Crippen LogP contribution is 2.30. The number of oxime groups is 1. The predicted octanol–water partition coefficient (Wildman–Crippen LogP) is 0.865. The van der Waals surface area contributed by atoms with Crippen molar-refractivity contribution in [1.29, 1.82) is 0 Å². The van der Waals surface area contributed by atoms with Crippen molar-refractivity contribution in [2.45, 2.75) is 38.7 Å². The minimum atomic E-state index is -1.12. The van der Waals surface area contributed by atoms with Gasteiger partial charge in [0, 0.05) is 19.5 Å². The standard InChI is InChI=1S/C12H18N2O4/c1-2-5-14(7-8-3-4-8)11(15)10-6-9(12(16)17)13-18-10/h8,10H,2-7H2,1H3,(H,16,17). The largest absolute Gasteiger partial charge is 0.477 e. The summed E-state index contributed by atoms with van der Waals surface area (Å²) >= 11 is 0. The molecule has 6 heteroatoms. The van der Waals surface area contributed by atoms with Crippen LogP contribution in [0, 0.1) is 5.92 Å². The summed E-state index contributed by atoms with van der Waals surface area (Å²) in [5.41, 5.74) is -0.0729. The molecule has 6 nitrogen and oxygen atoms in total. The van der Waals surface area contributed by atoms with Gasteiger partial charge in [0.25, 0.3) is 5.91 Å².